The summed E-state index contributed by atoms with van der Waals surface area (Å²) >= 11 is 1.61. The van der Waals surface area contributed by atoms with Crippen molar-refractivity contribution in [2.75, 3.05) is 6.26 Å². The number of thioether (sulfide) groups is 1. The number of fused-ring (bicyclic) bond motifs is 5. The van der Waals surface area contributed by atoms with Gasteiger partial charge in [-0.05, 0) is 35.1 Å². The van der Waals surface area contributed by atoms with E-state index in [1.54, 1.807) is 11.8 Å². The highest BCUT2D eigenvalue weighted by Crippen LogP contribution is 2.49. The molecular formula is C16H12N2O2S. The van der Waals surface area contributed by atoms with Crippen LogP contribution in [0.3, 0.4) is 0 Å². The molecular weight excluding hydrogens is 284 g/mol. The topological polar surface area (TPSA) is 58.2 Å². The van der Waals surface area contributed by atoms with Crippen molar-refractivity contribution in [3.8, 4) is 11.1 Å². The number of rotatable bonds is 1. The Kier molecular flexibility index (Phi) is 2.44. The van der Waals surface area contributed by atoms with E-state index in [-0.39, 0.29) is 5.91 Å². The van der Waals surface area contributed by atoms with Crippen molar-refractivity contribution < 1.29 is 9.59 Å². The first-order valence-corrected chi connectivity index (χ1v) is 7.81. The van der Waals surface area contributed by atoms with E-state index in [1.165, 1.54) is 0 Å². The Morgan fingerprint density at radius 2 is 1.76 bits per heavy atom. The molecule has 1 atom stereocenters. The van der Waals surface area contributed by atoms with E-state index in [4.69, 9.17) is 0 Å². The molecule has 1 spiro atoms. The maximum atomic E-state index is 12.5. The fourth-order valence-corrected chi connectivity index (χ4v) is 3.66. The third kappa shape index (κ3) is 1.46. The second-order valence-corrected chi connectivity index (χ2v) is 5.99. The van der Waals surface area contributed by atoms with E-state index in [1.807, 2.05) is 48.7 Å². The molecule has 0 bridgehead atoms. The number of imide groups is 1. The van der Waals surface area contributed by atoms with Gasteiger partial charge >= 0.3 is 6.03 Å². The highest BCUT2D eigenvalue weighted by Gasteiger charge is 2.54. The van der Waals surface area contributed by atoms with Crippen molar-refractivity contribution in [3.05, 3.63) is 53.6 Å². The second kappa shape index (κ2) is 4.11. The van der Waals surface area contributed by atoms with Gasteiger partial charge in [-0.2, -0.15) is 0 Å². The van der Waals surface area contributed by atoms with E-state index in [0.717, 1.165) is 27.1 Å². The fraction of sp³-hybridized carbons (Fsp3) is 0.125. The molecule has 2 aromatic carbocycles. The maximum absolute atomic E-state index is 12.5. The van der Waals surface area contributed by atoms with Crippen molar-refractivity contribution in [2.45, 2.75) is 10.4 Å². The standard InChI is InChI=1S/C16H12N2O2S/c1-21-9-6-7-11-10-4-2-3-5-12(10)16(13(11)8-9)14(19)17-15(20)18-16/h2-8H,1H3,(H2,17,18,19,20). The predicted octanol–water partition coefficient (Wildman–Crippen LogP) is 2.47. The van der Waals surface area contributed by atoms with Gasteiger partial charge in [-0.25, -0.2) is 4.79 Å². The second-order valence-electron chi connectivity index (χ2n) is 5.12. The quantitative estimate of drug-likeness (QED) is 0.628. The highest BCUT2D eigenvalue weighted by atomic mass is 32.2. The predicted molar refractivity (Wildman–Crippen MR) is 81.1 cm³/mol. The first-order valence-electron chi connectivity index (χ1n) is 6.59. The van der Waals surface area contributed by atoms with E-state index in [9.17, 15) is 9.59 Å². The van der Waals surface area contributed by atoms with Crippen LogP contribution in [-0.2, 0) is 10.3 Å². The molecule has 3 amide bonds. The molecule has 4 rings (SSSR count). The van der Waals surface area contributed by atoms with E-state index in [0.29, 0.717) is 0 Å². The number of carbonyl (C=O) groups excluding carboxylic acids is 2. The average Bonchev–Trinajstić information content (AvgIpc) is 2.96. The molecule has 5 heteroatoms. The largest absolute Gasteiger partial charge is 0.322 e. The summed E-state index contributed by atoms with van der Waals surface area (Å²) in [5.74, 6) is -0.308. The minimum atomic E-state index is -1.09. The van der Waals surface area contributed by atoms with Crippen LogP contribution in [0.15, 0.2) is 47.4 Å². The van der Waals surface area contributed by atoms with Crippen LogP contribution in [0.25, 0.3) is 11.1 Å². The van der Waals surface area contributed by atoms with Gasteiger partial charge in [-0.1, -0.05) is 30.3 Å². The van der Waals surface area contributed by atoms with Gasteiger partial charge in [0.15, 0.2) is 5.54 Å². The van der Waals surface area contributed by atoms with Gasteiger partial charge in [-0.15, -0.1) is 11.8 Å². The Bertz CT molecular complexity index is 803. The molecule has 1 aliphatic carbocycles. The zero-order chi connectivity index (χ0) is 14.6. The van der Waals surface area contributed by atoms with Crippen molar-refractivity contribution in [2.24, 2.45) is 0 Å². The zero-order valence-corrected chi connectivity index (χ0v) is 12.1. The summed E-state index contributed by atoms with van der Waals surface area (Å²) in [4.78, 5) is 25.3. The minimum absolute atomic E-state index is 0.308. The third-order valence-corrected chi connectivity index (χ3v) is 4.85. The fourth-order valence-electron chi connectivity index (χ4n) is 3.22. The lowest BCUT2D eigenvalue weighted by molar-refractivity contribution is -0.122. The van der Waals surface area contributed by atoms with Gasteiger partial charge in [0.05, 0.1) is 0 Å². The number of hydrogen-bond acceptors (Lipinski definition) is 3. The van der Waals surface area contributed by atoms with Crippen molar-refractivity contribution in [1.29, 1.82) is 0 Å². The lowest BCUT2D eigenvalue weighted by Gasteiger charge is -2.23. The van der Waals surface area contributed by atoms with Crippen molar-refractivity contribution >= 4 is 23.7 Å². The summed E-state index contributed by atoms with van der Waals surface area (Å²) in [6.45, 7) is 0. The molecule has 4 nitrogen and oxygen atoms in total. The first-order chi connectivity index (χ1) is 10.2. The molecule has 0 saturated carbocycles. The van der Waals surface area contributed by atoms with E-state index >= 15 is 0 Å². The lowest BCUT2D eigenvalue weighted by Crippen LogP contribution is -2.43. The van der Waals surface area contributed by atoms with Gasteiger partial charge < -0.3 is 5.32 Å². The van der Waals surface area contributed by atoms with Crippen molar-refractivity contribution in [3.63, 3.8) is 0 Å². The van der Waals surface area contributed by atoms with Crippen LogP contribution in [-0.4, -0.2) is 18.2 Å². The molecule has 1 heterocycles. The number of hydrogen-bond donors (Lipinski definition) is 2. The van der Waals surface area contributed by atoms with Gasteiger partial charge in [0, 0.05) is 10.5 Å². The molecule has 2 aromatic rings. The first kappa shape index (κ1) is 12.5. The highest BCUT2D eigenvalue weighted by molar-refractivity contribution is 7.98. The summed E-state index contributed by atoms with van der Waals surface area (Å²) in [5.41, 5.74) is 2.59. The number of benzene rings is 2. The van der Waals surface area contributed by atoms with Gasteiger partial charge in [-0.3, -0.25) is 10.1 Å². The van der Waals surface area contributed by atoms with Crippen LogP contribution in [0.4, 0.5) is 4.79 Å². The number of urea groups is 1. The Morgan fingerprint density at radius 1 is 1.00 bits per heavy atom. The molecule has 1 aliphatic heterocycles. The molecule has 2 N–H and O–H groups in total. The summed E-state index contributed by atoms with van der Waals surface area (Å²) in [5, 5.41) is 5.21. The van der Waals surface area contributed by atoms with E-state index in [2.05, 4.69) is 10.6 Å². The third-order valence-electron chi connectivity index (χ3n) is 4.12. The van der Waals surface area contributed by atoms with E-state index < -0.39 is 11.6 Å². The summed E-state index contributed by atoms with van der Waals surface area (Å²) in [7, 11) is 0. The summed E-state index contributed by atoms with van der Waals surface area (Å²) in [6, 6.07) is 13.3. The number of amides is 3. The smallest absolute Gasteiger partial charge is 0.316 e. The Balaban J connectivity index is 2.08. The monoisotopic (exact) mass is 296 g/mol. The molecule has 2 aliphatic rings. The lowest BCUT2D eigenvalue weighted by atomic mass is 9.88. The Morgan fingerprint density at radius 3 is 2.48 bits per heavy atom. The summed E-state index contributed by atoms with van der Waals surface area (Å²) in [6.07, 6.45) is 1.99. The van der Waals surface area contributed by atoms with Gasteiger partial charge in [0.25, 0.3) is 5.91 Å². The average molecular weight is 296 g/mol. The SMILES string of the molecule is CSc1ccc2c(c1)C1(NC(=O)NC1=O)c1ccccc1-2. The Labute approximate surface area is 125 Å². The Hall–Kier alpha value is -2.27. The maximum Gasteiger partial charge on any atom is 0.322 e. The normalized spacial score (nSPS) is 22.0. The van der Waals surface area contributed by atoms with Gasteiger partial charge in [0.2, 0.25) is 0 Å². The van der Waals surface area contributed by atoms with Crippen LogP contribution in [0.1, 0.15) is 11.1 Å². The molecule has 1 saturated heterocycles. The number of carbonyl (C=O) groups is 2. The van der Waals surface area contributed by atoms with Crippen LogP contribution in [0, 0.1) is 0 Å². The van der Waals surface area contributed by atoms with Crippen LogP contribution >= 0.6 is 11.8 Å². The molecule has 1 unspecified atom stereocenters. The van der Waals surface area contributed by atoms with Crippen LogP contribution < -0.4 is 10.6 Å². The zero-order valence-electron chi connectivity index (χ0n) is 11.3. The minimum Gasteiger partial charge on any atom is -0.316 e. The summed E-state index contributed by atoms with van der Waals surface area (Å²) < 4.78 is 0. The van der Waals surface area contributed by atoms with Crippen LogP contribution in [0.2, 0.25) is 0 Å². The molecule has 21 heavy (non-hydrogen) atoms. The number of nitrogens with one attached hydrogen (secondary N) is 2. The van der Waals surface area contributed by atoms with Crippen LogP contribution in [0.5, 0.6) is 0 Å². The molecule has 1 fully saturated rings. The molecule has 0 aromatic heterocycles. The van der Waals surface area contributed by atoms with Gasteiger partial charge in [0.1, 0.15) is 0 Å². The molecule has 104 valence electrons. The molecule has 0 radical (unpaired) electrons. The van der Waals surface area contributed by atoms with Crippen molar-refractivity contribution in [1.82, 2.24) is 10.6 Å².